The van der Waals surface area contributed by atoms with E-state index in [2.05, 4.69) is 32.6 Å². The van der Waals surface area contributed by atoms with Crippen molar-refractivity contribution in [1.82, 2.24) is 15.0 Å². The molecule has 2 rings (SSSR count). The van der Waals surface area contributed by atoms with Gasteiger partial charge >= 0.3 is 0 Å². The van der Waals surface area contributed by atoms with E-state index in [9.17, 15) is 0 Å². The van der Waals surface area contributed by atoms with Crippen LogP contribution in [0.1, 0.15) is 30.4 Å². The zero-order chi connectivity index (χ0) is 14.4. The Bertz CT molecular complexity index is 555. The van der Waals surface area contributed by atoms with Crippen molar-refractivity contribution in [2.45, 2.75) is 33.2 Å². The number of nitrogens with zero attached hydrogens (tertiary/aromatic N) is 3. The van der Waals surface area contributed by atoms with E-state index in [4.69, 9.17) is 5.84 Å². The second-order valence-electron chi connectivity index (χ2n) is 4.53. The molecule has 0 spiro atoms. The fourth-order valence-electron chi connectivity index (χ4n) is 1.89. The van der Waals surface area contributed by atoms with Crippen molar-refractivity contribution in [1.29, 1.82) is 0 Å². The number of hydrogen-bond donors (Lipinski definition) is 3. The molecule has 0 bridgehead atoms. The second kappa shape index (κ2) is 6.81. The van der Waals surface area contributed by atoms with Gasteiger partial charge in [0.15, 0.2) is 0 Å². The molecule has 0 aromatic carbocycles. The third-order valence-electron chi connectivity index (χ3n) is 2.97. The van der Waals surface area contributed by atoms with Gasteiger partial charge in [-0.3, -0.25) is 4.98 Å². The lowest BCUT2D eigenvalue weighted by molar-refractivity contribution is 0.829. The summed E-state index contributed by atoms with van der Waals surface area (Å²) in [5.41, 5.74) is 4.49. The van der Waals surface area contributed by atoms with Crippen LogP contribution >= 0.6 is 0 Å². The van der Waals surface area contributed by atoms with Gasteiger partial charge < -0.3 is 10.7 Å². The molecule has 2 aromatic rings. The summed E-state index contributed by atoms with van der Waals surface area (Å²) in [4.78, 5) is 13.2. The van der Waals surface area contributed by atoms with E-state index in [0.717, 1.165) is 35.7 Å². The molecule has 0 radical (unpaired) electrons. The zero-order valence-corrected chi connectivity index (χ0v) is 11.8. The normalized spacial score (nSPS) is 10.3. The monoisotopic (exact) mass is 272 g/mol. The van der Waals surface area contributed by atoms with Gasteiger partial charge in [0.2, 0.25) is 0 Å². The maximum absolute atomic E-state index is 5.51. The van der Waals surface area contributed by atoms with Crippen molar-refractivity contribution < 1.29 is 0 Å². The average molecular weight is 272 g/mol. The fourth-order valence-corrected chi connectivity index (χ4v) is 1.89. The Morgan fingerprint density at radius 3 is 2.65 bits per heavy atom. The number of anilines is 2. The molecule has 6 nitrogen and oxygen atoms in total. The minimum atomic E-state index is 0.619. The van der Waals surface area contributed by atoms with E-state index in [1.165, 1.54) is 0 Å². The highest BCUT2D eigenvalue weighted by atomic mass is 15.3. The van der Waals surface area contributed by atoms with E-state index in [1.54, 1.807) is 6.20 Å². The Morgan fingerprint density at radius 1 is 1.20 bits per heavy atom. The molecule has 0 atom stereocenters. The molecule has 0 saturated heterocycles. The van der Waals surface area contributed by atoms with Crippen LogP contribution in [0.3, 0.4) is 0 Å². The maximum Gasteiger partial charge on any atom is 0.148 e. The lowest BCUT2D eigenvalue weighted by Crippen LogP contribution is -2.15. The van der Waals surface area contributed by atoms with Gasteiger partial charge in [-0.25, -0.2) is 15.8 Å². The van der Waals surface area contributed by atoms with Crippen LogP contribution in [0, 0.1) is 6.92 Å². The van der Waals surface area contributed by atoms with Crippen LogP contribution in [0.15, 0.2) is 24.4 Å². The Kier molecular flexibility index (Phi) is 4.84. The number of aryl methyl sites for hydroxylation is 1. The van der Waals surface area contributed by atoms with Crippen LogP contribution in [0.2, 0.25) is 0 Å². The molecule has 0 fully saturated rings. The van der Waals surface area contributed by atoms with Gasteiger partial charge in [0.25, 0.3) is 0 Å². The summed E-state index contributed by atoms with van der Waals surface area (Å²) in [6.45, 7) is 4.65. The van der Waals surface area contributed by atoms with E-state index in [0.29, 0.717) is 12.4 Å². The molecule has 0 aliphatic carbocycles. The highest BCUT2D eigenvalue weighted by molar-refractivity contribution is 5.56. The number of nitrogens with two attached hydrogens (primary N) is 1. The highest BCUT2D eigenvalue weighted by Crippen LogP contribution is 2.20. The largest absolute Gasteiger partial charge is 0.364 e. The number of nitrogens with one attached hydrogen (secondary N) is 2. The third-order valence-corrected chi connectivity index (χ3v) is 2.97. The first-order valence-corrected chi connectivity index (χ1v) is 6.72. The molecular weight excluding hydrogens is 252 g/mol. The summed E-state index contributed by atoms with van der Waals surface area (Å²) in [6, 6.07) is 5.83. The molecule has 4 N–H and O–H groups in total. The molecular formula is C14H20N6. The number of pyridine rings is 1. The van der Waals surface area contributed by atoms with Crippen molar-refractivity contribution in [3.63, 3.8) is 0 Å². The van der Waals surface area contributed by atoms with Crippen LogP contribution < -0.4 is 16.6 Å². The van der Waals surface area contributed by atoms with E-state index in [1.807, 2.05) is 25.1 Å². The first-order valence-electron chi connectivity index (χ1n) is 6.72. The van der Waals surface area contributed by atoms with Crippen LogP contribution in [-0.4, -0.2) is 15.0 Å². The van der Waals surface area contributed by atoms with Crippen LogP contribution in [-0.2, 0) is 13.0 Å². The summed E-state index contributed by atoms with van der Waals surface area (Å²) in [5.74, 6) is 7.75. The molecule has 0 aliphatic heterocycles. The van der Waals surface area contributed by atoms with Gasteiger partial charge in [-0.1, -0.05) is 13.0 Å². The quantitative estimate of drug-likeness (QED) is 0.551. The van der Waals surface area contributed by atoms with Crippen molar-refractivity contribution >= 4 is 11.6 Å². The maximum atomic E-state index is 5.51. The predicted octanol–water partition coefficient (Wildman–Crippen LogP) is 2.03. The predicted molar refractivity (Wildman–Crippen MR) is 80.1 cm³/mol. The summed E-state index contributed by atoms with van der Waals surface area (Å²) >= 11 is 0. The standard InChI is InChI=1S/C14H20N6/c1-3-6-12-18-13(10(2)14(19-12)20-15)17-9-11-7-4-5-8-16-11/h4-5,7-8H,3,6,9,15H2,1-2H3,(H2,17,18,19,20). The van der Waals surface area contributed by atoms with Gasteiger partial charge in [-0.2, -0.15) is 0 Å². The van der Waals surface area contributed by atoms with Gasteiger partial charge in [-0.15, -0.1) is 0 Å². The number of hydrazine groups is 1. The average Bonchev–Trinajstić information content (AvgIpc) is 2.48. The van der Waals surface area contributed by atoms with Gasteiger partial charge in [0.1, 0.15) is 17.5 Å². The molecule has 0 aliphatic rings. The molecule has 0 unspecified atom stereocenters. The topological polar surface area (TPSA) is 88.8 Å². The molecule has 2 heterocycles. The summed E-state index contributed by atoms with van der Waals surface area (Å²) < 4.78 is 0. The van der Waals surface area contributed by atoms with E-state index >= 15 is 0 Å². The SMILES string of the molecule is CCCc1nc(NN)c(C)c(NCc2ccccn2)n1. The number of nitrogen functional groups attached to an aromatic ring is 1. The molecule has 0 saturated carbocycles. The molecule has 20 heavy (non-hydrogen) atoms. The van der Waals surface area contributed by atoms with E-state index in [-0.39, 0.29) is 0 Å². The fraction of sp³-hybridized carbons (Fsp3) is 0.357. The van der Waals surface area contributed by atoms with Crippen molar-refractivity contribution in [3.05, 3.63) is 41.5 Å². The van der Waals surface area contributed by atoms with E-state index < -0.39 is 0 Å². The highest BCUT2D eigenvalue weighted by Gasteiger charge is 2.09. The van der Waals surface area contributed by atoms with Crippen LogP contribution in [0.4, 0.5) is 11.6 Å². The Hall–Kier alpha value is -2.21. The Labute approximate surface area is 118 Å². The Morgan fingerprint density at radius 2 is 2.00 bits per heavy atom. The second-order valence-corrected chi connectivity index (χ2v) is 4.53. The first-order chi connectivity index (χ1) is 9.74. The van der Waals surface area contributed by atoms with Gasteiger partial charge in [-0.05, 0) is 25.5 Å². The van der Waals surface area contributed by atoms with Crippen LogP contribution in [0.25, 0.3) is 0 Å². The van der Waals surface area contributed by atoms with Crippen molar-refractivity contribution in [3.8, 4) is 0 Å². The lowest BCUT2D eigenvalue weighted by Gasteiger charge is -2.13. The smallest absolute Gasteiger partial charge is 0.148 e. The number of hydrogen-bond acceptors (Lipinski definition) is 6. The molecule has 106 valence electrons. The van der Waals surface area contributed by atoms with Crippen molar-refractivity contribution in [2.75, 3.05) is 10.7 Å². The molecule has 0 amide bonds. The lowest BCUT2D eigenvalue weighted by atomic mass is 10.2. The Balaban J connectivity index is 2.19. The molecule has 2 aromatic heterocycles. The zero-order valence-electron chi connectivity index (χ0n) is 11.8. The minimum Gasteiger partial charge on any atom is -0.364 e. The van der Waals surface area contributed by atoms with Gasteiger partial charge in [0, 0.05) is 18.2 Å². The number of rotatable bonds is 6. The first kappa shape index (κ1) is 14.2. The van der Waals surface area contributed by atoms with Crippen molar-refractivity contribution in [2.24, 2.45) is 5.84 Å². The third kappa shape index (κ3) is 3.42. The van der Waals surface area contributed by atoms with Crippen LogP contribution in [0.5, 0.6) is 0 Å². The summed E-state index contributed by atoms with van der Waals surface area (Å²) in [5, 5.41) is 3.29. The summed E-state index contributed by atoms with van der Waals surface area (Å²) in [7, 11) is 0. The summed E-state index contributed by atoms with van der Waals surface area (Å²) in [6.07, 6.45) is 3.60. The molecule has 6 heteroatoms. The number of aromatic nitrogens is 3. The van der Waals surface area contributed by atoms with Gasteiger partial charge in [0.05, 0.1) is 12.2 Å². The minimum absolute atomic E-state index is 0.619.